The summed E-state index contributed by atoms with van der Waals surface area (Å²) in [5.41, 5.74) is 13.9. The lowest BCUT2D eigenvalue weighted by atomic mass is 10.1. The van der Waals surface area contributed by atoms with Gasteiger partial charge in [-0.1, -0.05) is 39.0 Å². The molecule has 0 unspecified atom stereocenters. The minimum Gasteiger partial charge on any atom is -0.497 e. The van der Waals surface area contributed by atoms with E-state index in [0.29, 0.717) is 18.9 Å². The molecule has 0 aliphatic heterocycles. The Balaban J connectivity index is 0.000000717. The first-order valence-corrected chi connectivity index (χ1v) is 9.45. The maximum Gasteiger partial charge on any atom is 0.287 e. The summed E-state index contributed by atoms with van der Waals surface area (Å²) in [6.07, 6.45) is 0. The SMILES string of the molecule is CC.CCN.COc1ccc(-c2ccc3nc(C(=O)NCCN)[nH]c3c2)cc1. The quantitative estimate of drug-likeness (QED) is 0.538. The van der Waals surface area contributed by atoms with Gasteiger partial charge in [-0.2, -0.15) is 0 Å². The number of benzene rings is 2. The van der Waals surface area contributed by atoms with Crippen molar-refractivity contribution in [3.63, 3.8) is 0 Å². The van der Waals surface area contributed by atoms with E-state index in [1.165, 1.54) is 0 Å². The van der Waals surface area contributed by atoms with Gasteiger partial charge in [-0.3, -0.25) is 4.79 Å². The average Bonchev–Trinajstić information content (AvgIpc) is 3.17. The van der Waals surface area contributed by atoms with E-state index in [0.717, 1.165) is 34.5 Å². The number of methoxy groups -OCH3 is 1. The standard InChI is InChI=1S/C17H18N4O2.C2H7N.C2H6/c1-23-13-5-2-11(3-6-13)12-4-7-14-15(10-12)21-16(20-14)17(22)19-9-8-18;1-2-3;1-2/h2-7,10H,8-9,18H2,1H3,(H,19,22)(H,20,21);2-3H2,1H3;1-2H3. The van der Waals surface area contributed by atoms with Crippen molar-refractivity contribution in [3.05, 3.63) is 48.3 Å². The van der Waals surface area contributed by atoms with Gasteiger partial charge in [0.2, 0.25) is 0 Å². The first-order chi connectivity index (χ1) is 13.6. The Morgan fingerprint density at radius 3 is 2.29 bits per heavy atom. The molecule has 0 radical (unpaired) electrons. The highest BCUT2D eigenvalue weighted by molar-refractivity contribution is 5.94. The molecule has 0 bridgehead atoms. The van der Waals surface area contributed by atoms with Crippen LogP contribution in [0.1, 0.15) is 31.4 Å². The van der Waals surface area contributed by atoms with Crippen molar-refractivity contribution in [2.45, 2.75) is 20.8 Å². The lowest BCUT2D eigenvalue weighted by Gasteiger charge is -2.03. The van der Waals surface area contributed by atoms with E-state index in [9.17, 15) is 4.79 Å². The van der Waals surface area contributed by atoms with Crippen LogP contribution in [-0.4, -0.2) is 42.6 Å². The number of rotatable bonds is 5. The lowest BCUT2D eigenvalue weighted by molar-refractivity contribution is 0.0945. The third-order valence-electron chi connectivity index (χ3n) is 3.55. The molecule has 152 valence electrons. The van der Waals surface area contributed by atoms with Gasteiger partial charge in [0.25, 0.3) is 5.91 Å². The summed E-state index contributed by atoms with van der Waals surface area (Å²) in [4.78, 5) is 19.3. The predicted molar refractivity (Wildman–Crippen MR) is 116 cm³/mol. The highest BCUT2D eigenvalue weighted by Crippen LogP contribution is 2.25. The third-order valence-corrected chi connectivity index (χ3v) is 3.55. The normalized spacial score (nSPS) is 9.64. The minimum atomic E-state index is -0.252. The summed E-state index contributed by atoms with van der Waals surface area (Å²) < 4.78 is 5.17. The Kier molecular flexibility index (Phi) is 10.3. The van der Waals surface area contributed by atoms with Gasteiger partial charge in [0, 0.05) is 13.1 Å². The molecule has 0 aliphatic rings. The van der Waals surface area contributed by atoms with E-state index in [4.69, 9.17) is 16.2 Å². The van der Waals surface area contributed by atoms with Crippen LogP contribution in [0.15, 0.2) is 42.5 Å². The molecule has 0 fully saturated rings. The Labute approximate surface area is 166 Å². The van der Waals surface area contributed by atoms with Crippen molar-refractivity contribution < 1.29 is 9.53 Å². The Morgan fingerprint density at radius 1 is 1.11 bits per heavy atom. The molecule has 1 aromatic heterocycles. The second-order valence-electron chi connectivity index (χ2n) is 5.50. The van der Waals surface area contributed by atoms with Crippen LogP contribution in [0.2, 0.25) is 0 Å². The summed E-state index contributed by atoms with van der Waals surface area (Å²) in [5, 5.41) is 2.70. The maximum atomic E-state index is 11.9. The fraction of sp³-hybridized carbons (Fsp3) is 0.333. The number of aromatic amines is 1. The van der Waals surface area contributed by atoms with Gasteiger partial charge in [0.15, 0.2) is 5.82 Å². The van der Waals surface area contributed by atoms with E-state index < -0.39 is 0 Å². The Morgan fingerprint density at radius 2 is 1.71 bits per heavy atom. The average molecular weight is 386 g/mol. The van der Waals surface area contributed by atoms with Gasteiger partial charge >= 0.3 is 0 Å². The molecule has 3 rings (SSSR count). The van der Waals surface area contributed by atoms with Gasteiger partial charge in [0.05, 0.1) is 18.1 Å². The summed E-state index contributed by atoms with van der Waals surface area (Å²) in [7, 11) is 1.64. The van der Waals surface area contributed by atoms with Crippen LogP contribution in [0.3, 0.4) is 0 Å². The second-order valence-corrected chi connectivity index (χ2v) is 5.50. The zero-order chi connectivity index (χ0) is 20.9. The van der Waals surface area contributed by atoms with E-state index in [1.807, 2.05) is 63.2 Å². The Bertz CT molecular complexity index is 844. The first kappa shape index (κ1) is 23.1. The van der Waals surface area contributed by atoms with Crippen molar-refractivity contribution in [2.24, 2.45) is 11.5 Å². The fourth-order valence-corrected chi connectivity index (χ4v) is 2.35. The van der Waals surface area contributed by atoms with Crippen LogP contribution in [0.5, 0.6) is 5.75 Å². The molecule has 28 heavy (non-hydrogen) atoms. The van der Waals surface area contributed by atoms with Gasteiger partial charge in [0.1, 0.15) is 5.75 Å². The molecule has 1 amide bonds. The number of aromatic nitrogens is 2. The monoisotopic (exact) mass is 385 g/mol. The first-order valence-electron chi connectivity index (χ1n) is 9.45. The van der Waals surface area contributed by atoms with Crippen molar-refractivity contribution in [1.82, 2.24) is 15.3 Å². The van der Waals surface area contributed by atoms with E-state index >= 15 is 0 Å². The highest BCUT2D eigenvalue weighted by atomic mass is 16.5. The number of imidazole rings is 1. The molecule has 0 spiro atoms. The molecule has 0 aliphatic carbocycles. The number of nitrogens with zero attached hydrogens (tertiary/aromatic N) is 1. The van der Waals surface area contributed by atoms with Gasteiger partial charge in [-0.15, -0.1) is 0 Å². The largest absolute Gasteiger partial charge is 0.497 e. The number of fused-ring (bicyclic) bond motifs is 1. The molecule has 6 N–H and O–H groups in total. The van der Waals surface area contributed by atoms with Gasteiger partial charge in [-0.05, 0) is 41.9 Å². The molecule has 3 aromatic rings. The number of carbonyl (C=O) groups is 1. The van der Waals surface area contributed by atoms with Crippen LogP contribution >= 0.6 is 0 Å². The van der Waals surface area contributed by atoms with Crippen LogP contribution < -0.4 is 21.5 Å². The zero-order valence-corrected chi connectivity index (χ0v) is 17.1. The molecule has 2 aromatic carbocycles. The van der Waals surface area contributed by atoms with Crippen LogP contribution in [0.4, 0.5) is 0 Å². The summed E-state index contributed by atoms with van der Waals surface area (Å²) >= 11 is 0. The predicted octanol–water partition coefficient (Wildman–Crippen LogP) is 2.92. The molecule has 1 heterocycles. The molecule has 7 nitrogen and oxygen atoms in total. The number of hydrogen-bond donors (Lipinski definition) is 4. The summed E-state index contributed by atoms with van der Waals surface area (Å²) in [6, 6.07) is 13.7. The summed E-state index contributed by atoms with van der Waals surface area (Å²) in [6.45, 7) is 7.47. The smallest absolute Gasteiger partial charge is 0.287 e. The lowest BCUT2D eigenvalue weighted by Crippen LogP contribution is -2.29. The van der Waals surface area contributed by atoms with Gasteiger partial charge < -0.3 is 26.5 Å². The van der Waals surface area contributed by atoms with Crippen LogP contribution in [0, 0.1) is 0 Å². The fourth-order valence-electron chi connectivity index (χ4n) is 2.35. The number of hydrogen-bond acceptors (Lipinski definition) is 5. The molecular formula is C21H31N5O2. The van der Waals surface area contributed by atoms with Crippen LogP contribution in [-0.2, 0) is 0 Å². The van der Waals surface area contributed by atoms with Crippen LogP contribution in [0.25, 0.3) is 22.2 Å². The zero-order valence-electron chi connectivity index (χ0n) is 17.1. The van der Waals surface area contributed by atoms with E-state index in [2.05, 4.69) is 15.3 Å². The minimum absolute atomic E-state index is 0.252. The number of nitrogens with one attached hydrogen (secondary N) is 2. The number of H-pyrrole nitrogens is 1. The van der Waals surface area contributed by atoms with Crippen molar-refractivity contribution in [2.75, 3.05) is 26.7 Å². The van der Waals surface area contributed by atoms with Crippen molar-refractivity contribution in [1.29, 1.82) is 0 Å². The number of carbonyl (C=O) groups excluding carboxylic acids is 1. The molecule has 0 atom stereocenters. The van der Waals surface area contributed by atoms with E-state index in [1.54, 1.807) is 7.11 Å². The van der Waals surface area contributed by atoms with Gasteiger partial charge in [-0.25, -0.2) is 4.98 Å². The highest BCUT2D eigenvalue weighted by Gasteiger charge is 2.11. The topological polar surface area (TPSA) is 119 Å². The molecule has 0 saturated carbocycles. The molecule has 7 heteroatoms. The number of ether oxygens (including phenoxy) is 1. The second kappa shape index (κ2) is 12.5. The number of amides is 1. The van der Waals surface area contributed by atoms with Crippen molar-refractivity contribution in [3.8, 4) is 16.9 Å². The maximum absolute atomic E-state index is 11.9. The third kappa shape index (κ3) is 6.37. The number of nitrogens with two attached hydrogens (primary N) is 2. The summed E-state index contributed by atoms with van der Waals surface area (Å²) in [5.74, 6) is 0.855. The Hall–Kier alpha value is -2.90. The molecule has 0 saturated heterocycles. The van der Waals surface area contributed by atoms with E-state index in [-0.39, 0.29) is 5.91 Å². The molecular weight excluding hydrogens is 354 g/mol. The van der Waals surface area contributed by atoms with Crippen molar-refractivity contribution >= 4 is 16.9 Å².